The second kappa shape index (κ2) is 12.9. The summed E-state index contributed by atoms with van der Waals surface area (Å²) in [5.74, 6) is -0.736. The molecule has 220 valence electrons. The molecule has 0 saturated heterocycles. The molecule has 3 rings (SSSR count). The monoisotopic (exact) mass is 577 g/mol. The van der Waals surface area contributed by atoms with Gasteiger partial charge in [-0.2, -0.15) is 0 Å². The minimum absolute atomic E-state index is 0.0968. The van der Waals surface area contributed by atoms with Crippen LogP contribution in [0.1, 0.15) is 61.9 Å². The van der Waals surface area contributed by atoms with Crippen LogP contribution in [0.4, 0.5) is 5.69 Å². The van der Waals surface area contributed by atoms with Crippen LogP contribution in [0, 0.1) is 27.7 Å². The van der Waals surface area contributed by atoms with Crippen molar-refractivity contribution in [2.75, 3.05) is 10.8 Å². The molecule has 41 heavy (non-hydrogen) atoms. The Labute approximate surface area is 245 Å². The SMILES string of the molecule is CCC(C(=O)NC(C)(C)C)N(Cc1cccc(C)c1)C(=O)CN(c1cc(C)ccc1C)S(=O)(=O)c1ccc(C)cc1. The van der Waals surface area contributed by atoms with Gasteiger partial charge >= 0.3 is 0 Å². The van der Waals surface area contributed by atoms with Crippen molar-refractivity contribution in [1.82, 2.24) is 10.2 Å². The van der Waals surface area contributed by atoms with Crippen molar-refractivity contribution in [3.05, 3.63) is 94.5 Å². The van der Waals surface area contributed by atoms with Crippen LogP contribution in [0.5, 0.6) is 0 Å². The molecular weight excluding hydrogens is 534 g/mol. The summed E-state index contributed by atoms with van der Waals surface area (Å²) in [5, 5.41) is 3.00. The number of carbonyl (C=O) groups is 2. The van der Waals surface area contributed by atoms with E-state index in [1.54, 1.807) is 30.3 Å². The smallest absolute Gasteiger partial charge is 0.264 e. The van der Waals surface area contributed by atoms with Gasteiger partial charge in [0.25, 0.3) is 10.0 Å². The molecule has 1 unspecified atom stereocenters. The fourth-order valence-corrected chi connectivity index (χ4v) is 6.19. The summed E-state index contributed by atoms with van der Waals surface area (Å²) < 4.78 is 29.4. The van der Waals surface area contributed by atoms with E-state index in [1.807, 2.05) is 91.8 Å². The highest BCUT2D eigenvalue weighted by Gasteiger charge is 2.35. The first-order valence-corrected chi connectivity index (χ1v) is 15.4. The van der Waals surface area contributed by atoms with Crippen LogP contribution in [0.25, 0.3) is 0 Å². The number of nitrogens with zero attached hydrogens (tertiary/aromatic N) is 2. The zero-order valence-corrected chi connectivity index (χ0v) is 26.3. The van der Waals surface area contributed by atoms with Crippen molar-refractivity contribution in [3.63, 3.8) is 0 Å². The third-order valence-electron chi connectivity index (χ3n) is 6.84. The maximum atomic E-state index is 14.3. The highest BCUT2D eigenvalue weighted by molar-refractivity contribution is 7.92. The quantitative estimate of drug-likeness (QED) is 0.328. The lowest BCUT2D eigenvalue weighted by Gasteiger charge is -2.35. The molecule has 0 bridgehead atoms. The van der Waals surface area contributed by atoms with Gasteiger partial charge < -0.3 is 10.2 Å². The van der Waals surface area contributed by atoms with Crippen LogP contribution in [0.3, 0.4) is 0 Å². The van der Waals surface area contributed by atoms with Crippen LogP contribution in [0.15, 0.2) is 71.6 Å². The Hall–Kier alpha value is -3.65. The fourth-order valence-electron chi connectivity index (χ4n) is 4.72. The van der Waals surface area contributed by atoms with E-state index >= 15 is 0 Å². The van der Waals surface area contributed by atoms with E-state index in [-0.39, 0.29) is 17.3 Å². The van der Waals surface area contributed by atoms with Crippen molar-refractivity contribution >= 4 is 27.5 Å². The molecular formula is C33H43N3O4S. The van der Waals surface area contributed by atoms with Gasteiger partial charge in [-0.25, -0.2) is 8.42 Å². The molecule has 0 aliphatic carbocycles. The molecule has 1 N–H and O–H groups in total. The van der Waals surface area contributed by atoms with Crippen molar-refractivity contribution in [2.45, 2.75) is 84.8 Å². The normalized spacial score (nSPS) is 12.5. The fraction of sp³-hybridized carbons (Fsp3) is 0.394. The minimum atomic E-state index is -4.11. The molecule has 0 heterocycles. The summed E-state index contributed by atoms with van der Waals surface area (Å²) in [4.78, 5) is 29.3. The van der Waals surface area contributed by atoms with Crippen molar-refractivity contribution in [1.29, 1.82) is 0 Å². The van der Waals surface area contributed by atoms with Gasteiger partial charge in [-0.05, 0) is 89.8 Å². The van der Waals surface area contributed by atoms with Gasteiger partial charge in [0.2, 0.25) is 11.8 Å². The van der Waals surface area contributed by atoms with Gasteiger partial charge in [-0.1, -0.05) is 66.6 Å². The number of hydrogen-bond acceptors (Lipinski definition) is 4. The van der Waals surface area contributed by atoms with E-state index in [0.717, 1.165) is 27.8 Å². The standard InChI is InChI=1S/C33H43N3O4S/c1-9-29(32(38)34-33(6,7)8)35(21-27-12-10-11-24(3)19-27)31(37)22-36(30-20-25(4)13-16-26(30)5)41(39,40)28-17-14-23(2)15-18-28/h10-20,29H,9,21-22H2,1-8H3,(H,34,38). The van der Waals surface area contributed by atoms with Gasteiger partial charge in [0.1, 0.15) is 12.6 Å². The van der Waals surface area contributed by atoms with Gasteiger partial charge in [0, 0.05) is 12.1 Å². The lowest BCUT2D eigenvalue weighted by atomic mass is 10.0. The topological polar surface area (TPSA) is 86.8 Å². The van der Waals surface area contributed by atoms with Gasteiger partial charge in [0.05, 0.1) is 10.6 Å². The van der Waals surface area contributed by atoms with Crippen molar-refractivity contribution < 1.29 is 18.0 Å². The summed E-state index contributed by atoms with van der Waals surface area (Å²) in [5.41, 5.74) is 4.35. The first-order chi connectivity index (χ1) is 19.1. The maximum Gasteiger partial charge on any atom is 0.264 e. The molecule has 2 amide bonds. The number of aryl methyl sites for hydroxylation is 4. The minimum Gasteiger partial charge on any atom is -0.350 e. The number of rotatable bonds is 10. The number of hydrogen-bond donors (Lipinski definition) is 1. The first kappa shape index (κ1) is 31.9. The lowest BCUT2D eigenvalue weighted by molar-refractivity contribution is -0.141. The molecule has 8 heteroatoms. The molecule has 0 radical (unpaired) electrons. The Morgan fingerprint density at radius 2 is 1.46 bits per heavy atom. The number of anilines is 1. The number of carbonyl (C=O) groups excluding carboxylic acids is 2. The summed E-state index contributed by atoms with van der Waals surface area (Å²) in [6.45, 7) is 14.8. The lowest BCUT2D eigenvalue weighted by Crippen LogP contribution is -2.55. The van der Waals surface area contributed by atoms with Crippen molar-refractivity contribution in [2.24, 2.45) is 0 Å². The molecule has 0 spiro atoms. The molecule has 1 atom stereocenters. The van der Waals surface area contributed by atoms with E-state index in [4.69, 9.17) is 0 Å². The molecule has 7 nitrogen and oxygen atoms in total. The Morgan fingerprint density at radius 1 is 0.854 bits per heavy atom. The Kier molecular flexibility index (Phi) is 10.0. The molecule has 0 aliphatic heterocycles. The van der Waals surface area contributed by atoms with Crippen molar-refractivity contribution in [3.8, 4) is 0 Å². The second-order valence-corrected chi connectivity index (χ2v) is 13.7. The van der Waals surface area contributed by atoms with Gasteiger partial charge in [-0.3, -0.25) is 13.9 Å². The summed E-state index contributed by atoms with van der Waals surface area (Å²) >= 11 is 0. The summed E-state index contributed by atoms with van der Waals surface area (Å²) in [6, 6.07) is 19.1. The molecule has 3 aromatic carbocycles. The predicted molar refractivity (Wildman–Crippen MR) is 165 cm³/mol. The summed E-state index contributed by atoms with van der Waals surface area (Å²) in [6.07, 6.45) is 0.369. The Bertz CT molecular complexity index is 1490. The van der Waals surface area contributed by atoms with E-state index in [1.165, 1.54) is 9.21 Å². The Balaban J connectivity index is 2.12. The van der Waals surface area contributed by atoms with E-state index in [9.17, 15) is 18.0 Å². The van der Waals surface area contributed by atoms with Gasteiger partial charge in [-0.15, -0.1) is 0 Å². The molecule has 0 fully saturated rings. The highest BCUT2D eigenvalue weighted by Crippen LogP contribution is 2.29. The predicted octanol–water partition coefficient (Wildman–Crippen LogP) is 5.84. The first-order valence-electron chi connectivity index (χ1n) is 14.0. The third-order valence-corrected chi connectivity index (χ3v) is 8.61. The molecule has 0 saturated carbocycles. The highest BCUT2D eigenvalue weighted by atomic mass is 32.2. The van der Waals surface area contributed by atoms with E-state index < -0.39 is 34.1 Å². The summed E-state index contributed by atoms with van der Waals surface area (Å²) in [7, 11) is -4.11. The van der Waals surface area contributed by atoms with Crippen LogP contribution >= 0.6 is 0 Å². The van der Waals surface area contributed by atoms with Gasteiger partial charge in [0.15, 0.2) is 0 Å². The van der Waals surface area contributed by atoms with Crippen LogP contribution in [0.2, 0.25) is 0 Å². The van der Waals surface area contributed by atoms with E-state index in [2.05, 4.69) is 5.32 Å². The second-order valence-electron chi connectivity index (χ2n) is 11.8. The average Bonchev–Trinajstić information content (AvgIpc) is 2.87. The third kappa shape index (κ3) is 8.19. The zero-order valence-electron chi connectivity index (χ0n) is 25.5. The number of benzene rings is 3. The average molecular weight is 578 g/mol. The molecule has 0 aliphatic rings. The molecule has 3 aromatic rings. The number of amides is 2. The molecule has 0 aromatic heterocycles. The number of sulfonamides is 1. The van der Waals surface area contributed by atoms with E-state index in [0.29, 0.717) is 12.1 Å². The van der Waals surface area contributed by atoms with Crippen LogP contribution in [-0.2, 0) is 26.2 Å². The Morgan fingerprint density at radius 3 is 2.05 bits per heavy atom. The largest absolute Gasteiger partial charge is 0.350 e. The van der Waals surface area contributed by atoms with Crippen LogP contribution in [-0.4, -0.2) is 43.3 Å². The maximum absolute atomic E-state index is 14.3. The van der Waals surface area contributed by atoms with Crippen LogP contribution < -0.4 is 9.62 Å². The number of nitrogens with one attached hydrogen (secondary N) is 1. The zero-order chi connectivity index (χ0) is 30.5.